The molecular formula is C15H21Br2NO. The van der Waals surface area contributed by atoms with E-state index in [1.807, 2.05) is 0 Å². The first-order valence-electron chi connectivity index (χ1n) is 6.99. The largest absolute Gasteiger partial charge is 0.373 e. The van der Waals surface area contributed by atoms with Crippen LogP contribution in [0.4, 0.5) is 0 Å². The molecule has 0 aromatic heterocycles. The zero-order valence-corrected chi connectivity index (χ0v) is 14.5. The number of rotatable bonds is 5. The molecular weight excluding hydrogens is 370 g/mol. The Bertz CT molecular complexity index is 411. The maximum absolute atomic E-state index is 6.03. The van der Waals surface area contributed by atoms with Gasteiger partial charge in [-0.2, -0.15) is 0 Å². The van der Waals surface area contributed by atoms with E-state index in [0.29, 0.717) is 5.92 Å². The highest BCUT2D eigenvalue weighted by Crippen LogP contribution is 2.36. The first-order valence-corrected chi connectivity index (χ1v) is 8.58. The fraction of sp³-hybridized carbons (Fsp3) is 0.600. The Morgan fingerprint density at radius 1 is 1.32 bits per heavy atom. The van der Waals surface area contributed by atoms with Gasteiger partial charge in [0.25, 0.3) is 0 Å². The van der Waals surface area contributed by atoms with Crippen molar-refractivity contribution in [1.29, 1.82) is 0 Å². The van der Waals surface area contributed by atoms with Crippen LogP contribution in [0.15, 0.2) is 27.1 Å². The topological polar surface area (TPSA) is 21.3 Å². The monoisotopic (exact) mass is 389 g/mol. The molecule has 0 radical (unpaired) electrons. The van der Waals surface area contributed by atoms with Crippen molar-refractivity contribution in [2.24, 2.45) is 5.92 Å². The lowest BCUT2D eigenvalue weighted by Gasteiger charge is -2.32. The minimum absolute atomic E-state index is 0.225. The zero-order valence-electron chi connectivity index (χ0n) is 11.3. The molecule has 1 fully saturated rings. The van der Waals surface area contributed by atoms with Crippen molar-refractivity contribution >= 4 is 31.9 Å². The van der Waals surface area contributed by atoms with Crippen LogP contribution in [-0.2, 0) is 4.74 Å². The second kappa shape index (κ2) is 7.77. The van der Waals surface area contributed by atoms with Gasteiger partial charge in [0, 0.05) is 28.0 Å². The van der Waals surface area contributed by atoms with Gasteiger partial charge in [-0.3, -0.25) is 0 Å². The lowest BCUT2D eigenvalue weighted by Crippen LogP contribution is -2.32. The third kappa shape index (κ3) is 4.28. The molecule has 1 N–H and O–H groups in total. The summed E-state index contributed by atoms with van der Waals surface area (Å²) in [6.45, 7) is 5.22. The Kier molecular flexibility index (Phi) is 6.33. The summed E-state index contributed by atoms with van der Waals surface area (Å²) < 4.78 is 8.21. The van der Waals surface area contributed by atoms with Crippen LogP contribution in [0.25, 0.3) is 0 Å². The average molecular weight is 391 g/mol. The summed E-state index contributed by atoms with van der Waals surface area (Å²) in [5.41, 5.74) is 1.28. The molecule has 19 heavy (non-hydrogen) atoms. The van der Waals surface area contributed by atoms with Gasteiger partial charge in [0.1, 0.15) is 0 Å². The molecule has 2 nitrogen and oxygen atoms in total. The molecule has 2 rings (SSSR count). The summed E-state index contributed by atoms with van der Waals surface area (Å²) in [6, 6.07) is 6.43. The van der Waals surface area contributed by atoms with E-state index < -0.39 is 0 Å². The van der Waals surface area contributed by atoms with Gasteiger partial charge in [0.15, 0.2) is 0 Å². The number of benzene rings is 1. The van der Waals surface area contributed by atoms with Crippen LogP contribution in [-0.4, -0.2) is 19.7 Å². The van der Waals surface area contributed by atoms with Crippen molar-refractivity contribution < 1.29 is 4.74 Å². The molecule has 0 spiro atoms. The highest BCUT2D eigenvalue weighted by atomic mass is 79.9. The zero-order chi connectivity index (χ0) is 13.7. The Morgan fingerprint density at radius 2 is 2.16 bits per heavy atom. The summed E-state index contributed by atoms with van der Waals surface area (Å²) in [5.74, 6) is 0.577. The Hall–Kier alpha value is 0.1000. The molecule has 1 aliphatic heterocycles. The smallest absolute Gasteiger partial charge is 0.0865 e. The van der Waals surface area contributed by atoms with Crippen LogP contribution >= 0.6 is 31.9 Å². The Balaban J connectivity index is 2.07. The molecule has 0 amide bonds. The predicted octanol–water partition coefficient (Wildman–Crippen LogP) is 4.68. The number of hydrogen-bond acceptors (Lipinski definition) is 2. The number of halogens is 2. The van der Waals surface area contributed by atoms with Gasteiger partial charge in [0.2, 0.25) is 0 Å². The SMILES string of the molecule is CCCNCC1CCCOC1c1ccc(Br)c(Br)c1. The van der Waals surface area contributed by atoms with Crippen LogP contribution in [0, 0.1) is 5.92 Å². The third-order valence-electron chi connectivity index (χ3n) is 3.55. The van der Waals surface area contributed by atoms with E-state index in [0.717, 1.165) is 28.6 Å². The fourth-order valence-corrected chi connectivity index (χ4v) is 3.22. The molecule has 1 heterocycles. The molecule has 0 bridgehead atoms. The van der Waals surface area contributed by atoms with E-state index in [2.05, 4.69) is 62.3 Å². The summed E-state index contributed by atoms with van der Waals surface area (Å²) in [4.78, 5) is 0. The van der Waals surface area contributed by atoms with Gasteiger partial charge in [-0.05, 0) is 75.4 Å². The van der Waals surface area contributed by atoms with E-state index in [9.17, 15) is 0 Å². The first-order chi connectivity index (χ1) is 9.22. The van der Waals surface area contributed by atoms with Crippen molar-refractivity contribution in [1.82, 2.24) is 5.32 Å². The quantitative estimate of drug-likeness (QED) is 0.737. The lowest BCUT2D eigenvalue weighted by atomic mass is 9.89. The van der Waals surface area contributed by atoms with Gasteiger partial charge in [-0.15, -0.1) is 0 Å². The molecule has 106 valence electrons. The lowest BCUT2D eigenvalue weighted by molar-refractivity contribution is -0.0277. The molecule has 0 aliphatic carbocycles. The summed E-state index contributed by atoms with van der Waals surface area (Å²) >= 11 is 7.10. The molecule has 2 atom stereocenters. The van der Waals surface area contributed by atoms with Crippen LogP contribution in [0.5, 0.6) is 0 Å². The molecule has 1 aromatic rings. The Morgan fingerprint density at radius 3 is 2.89 bits per heavy atom. The number of nitrogens with one attached hydrogen (secondary N) is 1. The normalized spacial score (nSPS) is 23.5. The van der Waals surface area contributed by atoms with Crippen molar-refractivity contribution in [2.45, 2.75) is 32.3 Å². The summed E-state index contributed by atoms with van der Waals surface area (Å²) in [6.07, 6.45) is 3.83. The second-order valence-corrected chi connectivity index (χ2v) is 6.78. The first kappa shape index (κ1) is 15.5. The van der Waals surface area contributed by atoms with Crippen LogP contribution in [0.1, 0.15) is 37.9 Å². The minimum atomic E-state index is 0.225. The van der Waals surface area contributed by atoms with Crippen LogP contribution in [0.2, 0.25) is 0 Å². The molecule has 1 saturated heterocycles. The van der Waals surface area contributed by atoms with E-state index in [1.165, 1.54) is 24.8 Å². The van der Waals surface area contributed by atoms with Gasteiger partial charge >= 0.3 is 0 Å². The molecule has 0 saturated carbocycles. The van der Waals surface area contributed by atoms with Gasteiger partial charge in [-0.1, -0.05) is 13.0 Å². The Labute approximate surface area is 132 Å². The predicted molar refractivity (Wildman–Crippen MR) is 86.4 cm³/mol. The number of ether oxygens (including phenoxy) is 1. The van der Waals surface area contributed by atoms with E-state index in [1.54, 1.807) is 0 Å². The van der Waals surface area contributed by atoms with Crippen molar-refractivity contribution in [2.75, 3.05) is 19.7 Å². The summed E-state index contributed by atoms with van der Waals surface area (Å²) in [7, 11) is 0. The highest BCUT2D eigenvalue weighted by Gasteiger charge is 2.27. The molecule has 4 heteroatoms. The van der Waals surface area contributed by atoms with Gasteiger partial charge in [0.05, 0.1) is 6.10 Å². The highest BCUT2D eigenvalue weighted by molar-refractivity contribution is 9.13. The van der Waals surface area contributed by atoms with Crippen molar-refractivity contribution in [3.05, 3.63) is 32.7 Å². The third-order valence-corrected chi connectivity index (χ3v) is 5.43. The van der Waals surface area contributed by atoms with E-state index in [-0.39, 0.29) is 6.10 Å². The van der Waals surface area contributed by atoms with Gasteiger partial charge < -0.3 is 10.1 Å². The summed E-state index contributed by atoms with van der Waals surface area (Å²) in [5, 5.41) is 3.53. The molecule has 1 aliphatic rings. The van der Waals surface area contributed by atoms with Crippen molar-refractivity contribution in [3.63, 3.8) is 0 Å². The van der Waals surface area contributed by atoms with Crippen LogP contribution < -0.4 is 5.32 Å². The fourth-order valence-electron chi connectivity index (χ4n) is 2.57. The second-order valence-electron chi connectivity index (χ2n) is 5.07. The maximum atomic E-state index is 6.03. The minimum Gasteiger partial charge on any atom is -0.373 e. The number of hydrogen-bond donors (Lipinski definition) is 1. The van der Waals surface area contributed by atoms with Gasteiger partial charge in [-0.25, -0.2) is 0 Å². The van der Waals surface area contributed by atoms with E-state index >= 15 is 0 Å². The molecule has 1 aromatic carbocycles. The average Bonchev–Trinajstić information content (AvgIpc) is 2.43. The molecule has 2 unspecified atom stereocenters. The standard InChI is InChI=1S/C15H21Br2NO/c1-2-7-18-10-12-4-3-8-19-15(12)11-5-6-13(16)14(17)9-11/h5-6,9,12,15,18H,2-4,7-8,10H2,1H3. The van der Waals surface area contributed by atoms with Crippen molar-refractivity contribution in [3.8, 4) is 0 Å². The van der Waals surface area contributed by atoms with E-state index in [4.69, 9.17) is 4.74 Å². The maximum Gasteiger partial charge on any atom is 0.0865 e. The van der Waals surface area contributed by atoms with Crippen LogP contribution in [0.3, 0.4) is 0 Å².